The molecule has 2 N–H and O–H groups in total. The van der Waals surface area contributed by atoms with E-state index in [0.717, 1.165) is 5.69 Å². The number of ether oxygens (including phenoxy) is 1. The van der Waals surface area contributed by atoms with E-state index in [1.807, 2.05) is 0 Å². The zero-order valence-electron chi connectivity index (χ0n) is 11.2. The summed E-state index contributed by atoms with van der Waals surface area (Å²) in [6.07, 6.45) is 0. The Labute approximate surface area is 133 Å². The number of methoxy groups -OCH3 is 1. The maximum absolute atomic E-state index is 8.75. The van der Waals surface area contributed by atoms with E-state index in [1.54, 1.807) is 49.6 Å². The van der Waals surface area contributed by atoms with Gasteiger partial charge in [-0.05, 0) is 54.7 Å². The van der Waals surface area contributed by atoms with Crippen LogP contribution < -0.4 is 15.4 Å². The Morgan fingerprint density at radius 1 is 1.19 bits per heavy atom. The Balaban J connectivity index is 2.07. The van der Waals surface area contributed by atoms with Crippen LogP contribution in [-0.4, -0.2) is 12.2 Å². The van der Waals surface area contributed by atoms with Crippen molar-refractivity contribution in [1.29, 1.82) is 5.26 Å². The van der Waals surface area contributed by atoms with Crippen molar-refractivity contribution < 1.29 is 4.74 Å². The summed E-state index contributed by atoms with van der Waals surface area (Å²) in [4.78, 5) is 0. The molecule has 21 heavy (non-hydrogen) atoms. The molecule has 0 radical (unpaired) electrons. The lowest BCUT2D eigenvalue weighted by Crippen LogP contribution is -2.19. The van der Waals surface area contributed by atoms with E-state index in [4.69, 9.17) is 33.8 Å². The number of nitrogens with one attached hydrogen (secondary N) is 2. The Bertz CT molecular complexity index is 695. The van der Waals surface area contributed by atoms with Gasteiger partial charge in [0.2, 0.25) is 0 Å². The molecule has 0 aliphatic heterocycles. The van der Waals surface area contributed by atoms with Crippen LogP contribution in [0.25, 0.3) is 0 Å². The minimum atomic E-state index is 0.403. The summed E-state index contributed by atoms with van der Waals surface area (Å²) in [6.45, 7) is 0. The van der Waals surface area contributed by atoms with Gasteiger partial charge < -0.3 is 15.4 Å². The molecule has 0 unspecified atom stereocenters. The number of halogens is 1. The standard InChI is InChI=1S/C15H12ClN3OS/c1-20-14-7-4-11(16)8-13(14)19-15(21)18-12-5-2-10(9-17)3-6-12/h2-8H,1H3,(H2,18,19,21). The molecule has 2 aromatic rings. The van der Waals surface area contributed by atoms with Crippen molar-refractivity contribution in [2.75, 3.05) is 17.7 Å². The van der Waals surface area contributed by atoms with Crippen LogP contribution in [0.1, 0.15) is 5.56 Å². The molecule has 0 saturated heterocycles. The van der Waals surface area contributed by atoms with Crippen LogP contribution in [0.3, 0.4) is 0 Å². The van der Waals surface area contributed by atoms with E-state index >= 15 is 0 Å². The van der Waals surface area contributed by atoms with E-state index in [1.165, 1.54) is 0 Å². The smallest absolute Gasteiger partial charge is 0.175 e. The van der Waals surface area contributed by atoms with Crippen molar-refractivity contribution in [3.63, 3.8) is 0 Å². The number of hydrogen-bond acceptors (Lipinski definition) is 3. The number of rotatable bonds is 3. The first-order valence-corrected chi connectivity index (χ1v) is 6.82. The minimum absolute atomic E-state index is 0.403. The topological polar surface area (TPSA) is 57.1 Å². The molecule has 2 rings (SSSR count). The van der Waals surface area contributed by atoms with Crippen LogP contribution in [0.5, 0.6) is 5.75 Å². The molecule has 0 atom stereocenters. The maximum atomic E-state index is 8.75. The Kier molecular flexibility index (Phi) is 4.99. The number of anilines is 2. The first kappa shape index (κ1) is 15.1. The van der Waals surface area contributed by atoms with Gasteiger partial charge in [0.15, 0.2) is 5.11 Å². The maximum Gasteiger partial charge on any atom is 0.175 e. The van der Waals surface area contributed by atoms with E-state index in [0.29, 0.717) is 27.1 Å². The van der Waals surface area contributed by atoms with Crippen LogP contribution in [-0.2, 0) is 0 Å². The van der Waals surface area contributed by atoms with Gasteiger partial charge in [-0.25, -0.2) is 0 Å². The van der Waals surface area contributed by atoms with E-state index < -0.39 is 0 Å². The summed E-state index contributed by atoms with van der Waals surface area (Å²) in [7, 11) is 1.57. The van der Waals surface area contributed by atoms with E-state index in [2.05, 4.69) is 16.7 Å². The molecule has 0 heterocycles. The summed E-state index contributed by atoms with van der Waals surface area (Å²) >= 11 is 11.2. The third-order valence-electron chi connectivity index (χ3n) is 2.68. The van der Waals surface area contributed by atoms with Gasteiger partial charge in [-0.3, -0.25) is 0 Å². The first-order chi connectivity index (χ1) is 10.1. The van der Waals surface area contributed by atoms with Crippen molar-refractivity contribution >= 4 is 40.3 Å². The second-order valence-electron chi connectivity index (χ2n) is 4.11. The number of thiocarbonyl (C=S) groups is 1. The lowest BCUT2D eigenvalue weighted by Gasteiger charge is -2.13. The van der Waals surface area contributed by atoms with Gasteiger partial charge in [0.1, 0.15) is 5.75 Å². The summed E-state index contributed by atoms with van der Waals surface area (Å²) in [5.41, 5.74) is 2.06. The van der Waals surface area contributed by atoms with Gasteiger partial charge in [-0.15, -0.1) is 0 Å². The molecule has 0 bridgehead atoms. The van der Waals surface area contributed by atoms with Crippen molar-refractivity contribution in [2.24, 2.45) is 0 Å². The molecule has 0 aliphatic rings. The van der Waals surface area contributed by atoms with Crippen LogP contribution in [0, 0.1) is 11.3 Å². The number of benzene rings is 2. The summed E-state index contributed by atoms with van der Waals surface area (Å²) in [5.74, 6) is 0.642. The Morgan fingerprint density at radius 3 is 2.52 bits per heavy atom. The average molecular weight is 318 g/mol. The van der Waals surface area contributed by atoms with Crippen molar-refractivity contribution in [2.45, 2.75) is 0 Å². The molecule has 0 amide bonds. The molecule has 0 fully saturated rings. The molecule has 106 valence electrons. The third-order valence-corrected chi connectivity index (χ3v) is 3.12. The average Bonchev–Trinajstić information content (AvgIpc) is 2.48. The third kappa shape index (κ3) is 4.09. The predicted octanol–water partition coefficient (Wildman–Crippen LogP) is 4.03. The molecular weight excluding hydrogens is 306 g/mol. The fraction of sp³-hybridized carbons (Fsp3) is 0.0667. The fourth-order valence-corrected chi connectivity index (χ4v) is 2.09. The van der Waals surface area contributed by atoms with Gasteiger partial charge in [-0.1, -0.05) is 11.6 Å². The Morgan fingerprint density at radius 2 is 1.90 bits per heavy atom. The predicted molar refractivity (Wildman–Crippen MR) is 89.0 cm³/mol. The summed E-state index contributed by atoms with van der Waals surface area (Å²) in [6, 6.07) is 14.3. The van der Waals surface area contributed by atoms with Crippen LogP contribution in [0.2, 0.25) is 5.02 Å². The molecule has 2 aromatic carbocycles. The SMILES string of the molecule is COc1ccc(Cl)cc1NC(=S)Nc1ccc(C#N)cc1. The number of nitrogens with zero attached hydrogens (tertiary/aromatic N) is 1. The molecule has 0 saturated carbocycles. The second-order valence-corrected chi connectivity index (χ2v) is 4.96. The van der Waals surface area contributed by atoms with Gasteiger partial charge in [-0.2, -0.15) is 5.26 Å². The van der Waals surface area contributed by atoms with Crippen molar-refractivity contribution in [1.82, 2.24) is 0 Å². The minimum Gasteiger partial charge on any atom is -0.495 e. The normalized spacial score (nSPS) is 9.57. The van der Waals surface area contributed by atoms with Gasteiger partial charge >= 0.3 is 0 Å². The van der Waals surface area contributed by atoms with Crippen molar-refractivity contribution in [3.05, 3.63) is 53.1 Å². The molecule has 4 nitrogen and oxygen atoms in total. The van der Waals surface area contributed by atoms with Gasteiger partial charge in [0.25, 0.3) is 0 Å². The highest BCUT2D eigenvalue weighted by Crippen LogP contribution is 2.27. The van der Waals surface area contributed by atoms with E-state index in [-0.39, 0.29) is 0 Å². The second kappa shape index (κ2) is 6.93. The quantitative estimate of drug-likeness (QED) is 0.837. The van der Waals surface area contributed by atoms with Crippen LogP contribution in [0.4, 0.5) is 11.4 Å². The van der Waals surface area contributed by atoms with E-state index in [9.17, 15) is 0 Å². The largest absolute Gasteiger partial charge is 0.495 e. The van der Waals surface area contributed by atoms with Crippen LogP contribution >= 0.6 is 23.8 Å². The molecule has 6 heteroatoms. The monoisotopic (exact) mass is 317 g/mol. The number of nitriles is 1. The highest BCUT2D eigenvalue weighted by atomic mass is 35.5. The number of hydrogen-bond donors (Lipinski definition) is 2. The zero-order chi connectivity index (χ0) is 15.2. The Hall–Kier alpha value is -2.29. The highest BCUT2D eigenvalue weighted by molar-refractivity contribution is 7.80. The first-order valence-electron chi connectivity index (χ1n) is 6.04. The molecular formula is C15H12ClN3OS. The molecule has 0 aromatic heterocycles. The van der Waals surface area contributed by atoms with Gasteiger partial charge in [0.05, 0.1) is 24.4 Å². The highest BCUT2D eigenvalue weighted by Gasteiger charge is 2.06. The lowest BCUT2D eigenvalue weighted by atomic mass is 10.2. The van der Waals surface area contributed by atoms with Crippen molar-refractivity contribution in [3.8, 4) is 11.8 Å². The summed E-state index contributed by atoms with van der Waals surface area (Å²) in [5, 5.41) is 15.8. The zero-order valence-corrected chi connectivity index (χ0v) is 12.8. The lowest BCUT2D eigenvalue weighted by molar-refractivity contribution is 0.417. The molecule has 0 spiro atoms. The summed E-state index contributed by atoms with van der Waals surface area (Å²) < 4.78 is 5.24. The van der Waals surface area contributed by atoms with Gasteiger partial charge in [0, 0.05) is 10.7 Å². The van der Waals surface area contributed by atoms with Crippen LogP contribution in [0.15, 0.2) is 42.5 Å². The molecule has 0 aliphatic carbocycles. The fourth-order valence-electron chi connectivity index (χ4n) is 1.69.